The van der Waals surface area contributed by atoms with Gasteiger partial charge in [-0.25, -0.2) is 0 Å². The minimum Gasteiger partial charge on any atom is -0.295 e. The Morgan fingerprint density at radius 2 is 1.74 bits per heavy atom. The maximum Gasteiger partial charge on any atom is 0.162 e. The predicted molar refractivity (Wildman–Crippen MR) is 76.5 cm³/mol. The van der Waals surface area contributed by atoms with Crippen LogP contribution in [-0.4, -0.2) is 11.6 Å². The van der Waals surface area contributed by atoms with Gasteiger partial charge in [-0.2, -0.15) is 0 Å². The molecular weight excluding hydrogens is 236 g/mol. The molecule has 2 heteroatoms. The summed E-state index contributed by atoms with van der Waals surface area (Å²) in [6.45, 7) is 9.48. The second-order valence-corrected chi connectivity index (χ2v) is 5.38. The summed E-state index contributed by atoms with van der Waals surface area (Å²) in [7, 11) is 0. The first-order valence-electron chi connectivity index (χ1n) is 6.76. The second kappa shape index (κ2) is 5.52. The van der Waals surface area contributed by atoms with E-state index in [1.165, 1.54) is 0 Å². The molecule has 0 bridgehead atoms. The van der Waals surface area contributed by atoms with Crippen molar-refractivity contribution < 1.29 is 9.59 Å². The molecule has 0 spiro atoms. The minimum absolute atomic E-state index is 0.0519. The van der Waals surface area contributed by atoms with Gasteiger partial charge in [0.1, 0.15) is 0 Å². The van der Waals surface area contributed by atoms with E-state index in [1.54, 1.807) is 6.08 Å². The minimum atomic E-state index is -0.276. The monoisotopic (exact) mass is 256 g/mol. The molecular formula is C17H20O2. The Morgan fingerprint density at radius 1 is 1.11 bits per heavy atom. The molecule has 2 nitrogen and oxygen atoms in total. The number of hydrogen-bond acceptors (Lipinski definition) is 2. The van der Waals surface area contributed by atoms with Crippen LogP contribution in [-0.2, 0) is 9.59 Å². The fourth-order valence-corrected chi connectivity index (χ4v) is 3.19. The number of hydrogen-bond donors (Lipinski definition) is 0. The van der Waals surface area contributed by atoms with Crippen LogP contribution >= 0.6 is 0 Å². The molecule has 4 atom stereocenters. The number of ketones is 2. The van der Waals surface area contributed by atoms with E-state index in [0.29, 0.717) is 0 Å². The standard InChI is InChI=1S/C17H20O2/c1-4-12-7-6-8-14(18)15(12)16-13(5-2)10-9-11(3)17(16)19/h4-6,8-9,12-13,15-16H,1-2,7,10H2,3H3/t12-,13-,15+,16-/m1/s1. The Balaban J connectivity index is 2.41. The predicted octanol–water partition coefficient (Wildman–Crippen LogP) is 3.27. The molecule has 0 radical (unpaired) electrons. The third-order valence-corrected chi connectivity index (χ3v) is 4.32. The number of rotatable bonds is 3. The molecule has 2 rings (SSSR count). The summed E-state index contributed by atoms with van der Waals surface area (Å²) < 4.78 is 0. The molecule has 2 aliphatic carbocycles. The van der Waals surface area contributed by atoms with E-state index in [0.717, 1.165) is 18.4 Å². The van der Waals surface area contributed by atoms with Gasteiger partial charge in [-0.15, -0.1) is 13.2 Å². The van der Waals surface area contributed by atoms with Crippen molar-refractivity contribution in [3.8, 4) is 0 Å². The Bertz CT molecular complexity index is 481. The van der Waals surface area contributed by atoms with Gasteiger partial charge >= 0.3 is 0 Å². The highest BCUT2D eigenvalue weighted by atomic mass is 16.1. The Morgan fingerprint density at radius 3 is 2.37 bits per heavy atom. The molecule has 2 aliphatic rings. The van der Waals surface area contributed by atoms with E-state index >= 15 is 0 Å². The number of Topliss-reactive ketones (excluding diaryl/α,β-unsaturated/α-hetero) is 1. The van der Waals surface area contributed by atoms with Gasteiger partial charge in [-0.05, 0) is 43.3 Å². The van der Waals surface area contributed by atoms with Crippen molar-refractivity contribution in [1.29, 1.82) is 0 Å². The Labute approximate surface area is 114 Å². The van der Waals surface area contributed by atoms with E-state index in [4.69, 9.17) is 0 Å². The molecule has 0 aromatic carbocycles. The summed E-state index contributed by atoms with van der Waals surface area (Å²) in [5.74, 6) is -0.295. The van der Waals surface area contributed by atoms with Crippen LogP contribution in [0.15, 0.2) is 49.1 Å². The van der Waals surface area contributed by atoms with E-state index in [-0.39, 0.29) is 35.2 Å². The fourth-order valence-electron chi connectivity index (χ4n) is 3.19. The highest BCUT2D eigenvalue weighted by Crippen LogP contribution is 2.40. The van der Waals surface area contributed by atoms with Crippen LogP contribution < -0.4 is 0 Å². The van der Waals surface area contributed by atoms with Gasteiger partial charge in [-0.3, -0.25) is 9.59 Å². The normalized spacial score (nSPS) is 34.9. The smallest absolute Gasteiger partial charge is 0.162 e. The van der Waals surface area contributed by atoms with Gasteiger partial charge in [0.05, 0.1) is 0 Å². The number of allylic oxidation sites excluding steroid dienone is 6. The van der Waals surface area contributed by atoms with E-state index in [1.807, 2.05) is 31.2 Å². The van der Waals surface area contributed by atoms with Crippen molar-refractivity contribution in [2.75, 3.05) is 0 Å². The molecule has 0 saturated heterocycles. The molecule has 100 valence electrons. The van der Waals surface area contributed by atoms with E-state index in [9.17, 15) is 9.59 Å². The lowest BCUT2D eigenvalue weighted by atomic mass is 9.64. The second-order valence-electron chi connectivity index (χ2n) is 5.38. The SMILES string of the molecule is C=C[C@@H]1CC=CC(=O)[C@H]1[C@@H]1C(=O)C(C)=CC[C@H]1C=C. The molecule has 0 aromatic heterocycles. The molecule has 0 unspecified atom stereocenters. The molecule has 0 saturated carbocycles. The van der Waals surface area contributed by atoms with Crippen molar-refractivity contribution in [3.05, 3.63) is 49.1 Å². The molecule has 0 aromatic rings. The molecule has 19 heavy (non-hydrogen) atoms. The average Bonchev–Trinajstić information content (AvgIpc) is 2.42. The van der Waals surface area contributed by atoms with Crippen LogP contribution in [0.2, 0.25) is 0 Å². The first-order valence-corrected chi connectivity index (χ1v) is 6.76. The summed E-state index contributed by atoms with van der Waals surface area (Å²) in [6.07, 6.45) is 10.7. The van der Waals surface area contributed by atoms with Crippen molar-refractivity contribution in [2.24, 2.45) is 23.7 Å². The summed E-state index contributed by atoms with van der Waals surface area (Å²) in [4.78, 5) is 24.7. The lowest BCUT2D eigenvalue weighted by molar-refractivity contribution is -0.131. The van der Waals surface area contributed by atoms with Crippen molar-refractivity contribution in [1.82, 2.24) is 0 Å². The molecule has 0 N–H and O–H groups in total. The quantitative estimate of drug-likeness (QED) is 0.726. The van der Waals surface area contributed by atoms with Gasteiger partial charge in [0.15, 0.2) is 11.6 Å². The molecule has 0 fully saturated rings. The van der Waals surface area contributed by atoms with E-state index in [2.05, 4.69) is 13.2 Å². The fraction of sp³-hybridized carbons (Fsp3) is 0.412. The van der Waals surface area contributed by atoms with Crippen LogP contribution in [0, 0.1) is 23.7 Å². The molecule has 0 heterocycles. The molecule has 0 aliphatic heterocycles. The van der Waals surface area contributed by atoms with Crippen molar-refractivity contribution in [3.63, 3.8) is 0 Å². The van der Waals surface area contributed by atoms with E-state index < -0.39 is 0 Å². The zero-order valence-corrected chi connectivity index (χ0v) is 11.3. The first-order chi connectivity index (χ1) is 9.10. The van der Waals surface area contributed by atoms with Gasteiger partial charge in [0.2, 0.25) is 0 Å². The summed E-state index contributed by atoms with van der Waals surface area (Å²) in [5, 5.41) is 0. The number of carbonyl (C=O) groups excluding carboxylic acids is 2. The van der Waals surface area contributed by atoms with Crippen LogP contribution in [0.4, 0.5) is 0 Å². The lowest BCUT2D eigenvalue weighted by Gasteiger charge is -2.37. The summed E-state index contributed by atoms with van der Waals surface area (Å²) in [5.41, 5.74) is 0.772. The largest absolute Gasteiger partial charge is 0.295 e. The summed E-state index contributed by atoms with van der Waals surface area (Å²) >= 11 is 0. The highest BCUT2D eigenvalue weighted by molar-refractivity contribution is 6.03. The number of carbonyl (C=O) groups is 2. The molecule has 0 amide bonds. The zero-order valence-electron chi connectivity index (χ0n) is 11.3. The van der Waals surface area contributed by atoms with Crippen LogP contribution in [0.25, 0.3) is 0 Å². The Hall–Kier alpha value is -1.70. The lowest BCUT2D eigenvalue weighted by Crippen LogP contribution is -2.41. The van der Waals surface area contributed by atoms with Crippen molar-refractivity contribution in [2.45, 2.75) is 19.8 Å². The summed E-state index contributed by atoms with van der Waals surface area (Å²) in [6, 6.07) is 0. The van der Waals surface area contributed by atoms with Gasteiger partial charge < -0.3 is 0 Å². The van der Waals surface area contributed by atoms with Crippen molar-refractivity contribution >= 4 is 11.6 Å². The van der Waals surface area contributed by atoms with Crippen LogP contribution in [0.5, 0.6) is 0 Å². The highest BCUT2D eigenvalue weighted by Gasteiger charge is 2.43. The maximum atomic E-state index is 12.5. The zero-order chi connectivity index (χ0) is 14.0. The van der Waals surface area contributed by atoms with Gasteiger partial charge in [0, 0.05) is 11.8 Å². The maximum absolute atomic E-state index is 12.5. The average molecular weight is 256 g/mol. The first kappa shape index (κ1) is 13.7. The topological polar surface area (TPSA) is 34.1 Å². The van der Waals surface area contributed by atoms with Crippen LogP contribution in [0.1, 0.15) is 19.8 Å². The van der Waals surface area contributed by atoms with Gasteiger partial charge in [0.25, 0.3) is 0 Å². The Kier molecular flexibility index (Phi) is 3.98. The van der Waals surface area contributed by atoms with Crippen LogP contribution in [0.3, 0.4) is 0 Å². The van der Waals surface area contributed by atoms with Gasteiger partial charge in [-0.1, -0.05) is 24.3 Å². The third kappa shape index (κ3) is 2.40. The third-order valence-electron chi connectivity index (χ3n) is 4.32.